The van der Waals surface area contributed by atoms with Gasteiger partial charge in [-0.05, 0) is 19.4 Å². The number of carbonyl (C=O) groups excluding carboxylic acids is 3. The Morgan fingerprint density at radius 3 is 1.87 bits per heavy atom. The monoisotopic (exact) mass is 347 g/mol. The van der Waals surface area contributed by atoms with E-state index in [-0.39, 0.29) is 30.4 Å². The summed E-state index contributed by atoms with van der Waals surface area (Å²) in [4.78, 5) is 41.7. The lowest BCUT2D eigenvalue weighted by Crippen LogP contribution is -2.39. The molecule has 23 heavy (non-hydrogen) atoms. The van der Waals surface area contributed by atoms with E-state index in [9.17, 15) is 24.4 Å². The largest absolute Gasteiger partial charge is 0.545 e. The number of likely N-dealkylation sites (N-methyl/N-ethyl adjacent to an activating group) is 1. The molecule has 0 amide bonds. The highest BCUT2D eigenvalue weighted by Gasteiger charge is 2.22. The van der Waals surface area contributed by atoms with Crippen LogP contribution in [0.25, 0.3) is 0 Å². The van der Waals surface area contributed by atoms with E-state index in [0.29, 0.717) is 10.1 Å². The molecular weight excluding hydrogens is 321 g/mol. The first-order chi connectivity index (χ1) is 10.3. The number of rotatable bonds is 8. The molecule has 0 radical (unpaired) electrons. The molecule has 0 aromatic carbocycles. The van der Waals surface area contributed by atoms with Gasteiger partial charge in [0.25, 0.3) is 0 Å². The van der Waals surface area contributed by atoms with Gasteiger partial charge >= 0.3 is 5.97 Å². The lowest BCUT2D eigenvalue weighted by atomic mass is 10.4. The van der Waals surface area contributed by atoms with E-state index < -0.39 is 20.1 Å². The molecule has 8 heteroatoms. The van der Waals surface area contributed by atoms with Crippen LogP contribution in [-0.4, -0.2) is 67.3 Å². The molecule has 0 saturated heterocycles. The van der Waals surface area contributed by atoms with Crippen LogP contribution in [0, 0.1) is 0 Å². The molecule has 0 bridgehead atoms. The minimum Gasteiger partial charge on any atom is -0.545 e. The highest BCUT2D eigenvalue weighted by Crippen LogP contribution is 2.30. The first-order valence-corrected chi connectivity index (χ1v) is 8.25. The predicted molar refractivity (Wildman–Crippen MR) is 87.5 cm³/mol. The standard InChI is InChI=1S/C11H21NO4P.C4H6O2/c1-9(2)11(14)16-6-7-17(15)10(13)8-12(3,4)5;1-3(2)4(5)6/h15H,1,6-8H2,2-5H3;1H2,2H3,(H,5,6)/q+1;/p-1. The Labute approximate surface area is 138 Å². The van der Waals surface area contributed by atoms with E-state index in [1.165, 1.54) is 6.92 Å². The van der Waals surface area contributed by atoms with E-state index >= 15 is 0 Å². The lowest BCUT2D eigenvalue weighted by molar-refractivity contribution is -0.861. The number of carboxylic acids is 1. The maximum atomic E-state index is 11.6. The molecule has 0 aromatic rings. The molecule has 0 aromatic heterocycles. The number of aliphatic carboxylic acids is 1. The van der Waals surface area contributed by atoms with Gasteiger partial charge < -0.3 is 24.0 Å². The number of quaternary nitrogens is 1. The SMILES string of the molecule is C=C(C)C(=O)OCCP(O)C(=O)C[N+](C)(C)C.C=C(C)C(=O)[O-]. The Morgan fingerprint density at radius 2 is 1.57 bits per heavy atom. The van der Waals surface area contributed by atoms with Crippen molar-refractivity contribution in [2.24, 2.45) is 0 Å². The average Bonchev–Trinajstić information content (AvgIpc) is 2.36. The number of hydrogen-bond acceptors (Lipinski definition) is 6. The fraction of sp³-hybridized carbons (Fsp3) is 0.533. The quantitative estimate of drug-likeness (QED) is 0.288. The Morgan fingerprint density at radius 1 is 1.13 bits per heavy atom. The third-order valence-corrected chi connectivity index (χ3v) is 3.45. The minimum absolute atomic E-state index is 0.0524. The molecular formula is C15H26NO6P. The van der Waals surface area contributed by atoms with Crippen LogP contribution < -0.4 is 5.11 Å². The van der Waals surface area contributed by atoms with E-state index in [0.717, 1.165) is 0 Å². The van der Waals surface area contributed by atoms with E-state index in [2.05, 4.69) is 13.2 Å². The van der Waals surface area contributed by atoms with Gasteiger partial charge in [0.2, 0.25) is 5.52 Å². The molecule has 7 nitrogen and oxygen atoms in total. The molecule has 1 N–H and O–H groups in total. The van der Waals surface area contributed by atoms with Gasteiger partial charge in [-0.1, -0.05) is 13.2 Å². The summed E-state index contributed by atoms with van der Waals surface area (Å²) < 4.78 is 5.29. The molecule has 0 aliphatic carbocycles. The highest BCUT2D eigenvalue weighted by atomic mass is 31.1. The van der Waals surface area contributed by atoms with Crippen LogP contribution in [0.2, 0.25) is 0 Å². The van der Waals surface area contributed by atoms with Gasteiger partial charge in [-0.15, -0.1) is 0 Å². The van der Waals surface area contributed by atoms with Crippen molar-refractivity contribution >= 4 is 25.6 Å². The summed E-state index contributed by atoms with van der Waals surface area (Å²) in [5.41, 5.74) is 0.193. The summed E-state index contributed by atoms with van der Waals surface area (Å²) in [6.45, 7) is 9.79. The summed E-state index contributed by atoms with van der Waals surface area (Å²) in [5.74, 6) is -1.68. The summed E-state index contributed by atoms with van der Waals surface area (Å²) in [6, 6.07) is 0. The predicted octanol–water partition coefficient (Wildman–Crippen LogP) is 0.0401. The second-order valence-corrected chi connectivity index (χ2v) is 7.69. The Kier molecular flexibility index (Phi) is 11.4. The van der Waals surface area contributed by atoms with Gasteiger partial charge in [0, 0.05) is 11.7 Å². The van der Waals surface area contributed by atoms with Crippen molar-refractivity contribution in [2.45, 2.75) is 13.8 Å². The second kappa shape index (κ2) is 11.0. The first-order valence-electron chi connectivity index (χ1n) is 6.77. The zero-order valence-electron chi connectivity index (χ0n) is 14.4. The zero-order chi connectivity index (χ0) is 18.8. The summed E-state index contributed by atoms with van der Waals surface area (Å²) in [7, 11) is 3.91. The van der Waals surface area contributed by atoms with Crippen molar-refractivity contribution in [3.05, 3.63) is 24.3 Å². The molecule has 132 valence electrons. The lowest BCUT2D eigenvalue weighted by Gasteiger charge is -2.23. The van der Waals surface area contributed by atoms with E-state index in [1.54, 1.807) is 6.92 Å². The Hall–Kier alpha value is -1.56. The molecule has 0 saturated carbocycles. The van der Waals surface area contributed by atoms with Crippen molar-refractivity contribution in [3.8, 4) is 0 Å². The van der Waals surface area contributed by atoms with Crippen LogP contribution >= 0.6 is 8.15 Å². The number of carbonyl (C=O) groups is 3. The smallest absolute Gasteiger partial charge is 0.333 e. The zero-order valence-corrected chi connectivity index (χ0v) is 15.3. The average molecular weight is 347 g/mol. The first kappa shape index (κ1) is 23.7. The van der Waals surface area contributed by atoms with Gasteiger partial charge in [0.05, 0.1) is 33.7 Å². The van der Waals surface area contributed by atoms with Gasteiger partial charge in [0.1, 0.15) is 14.7 Å². The van der Waals surface area contributed by atoms with Crippen LogP contribution in [0.1, 0.15) is 13.8 Å². The van der Waals surface area contributed by atoms with Crippen molar-refractivity contribution in [1.82, 2.24) is 0 Å². The van der Waals surface area contributed by atoms with Gasteiger partial charge in [0.15, 0.2) is 0 Å². The molecule has 0 aliphatic rings. The highest BCUT2D eigenvalue weighted by molar-refractivity contribution is 7.69. The normalized spacial score (nSPS) is 11.6. The van der Waals surface area contributed by atoms with E-state index in [4.69, 9.17) is 4.74 Å². The molecule has 0 rings (SSSR count). The third kappa shape index (κ3) is 15.1. The summed E-state index contributed by atoms with van der Waals surface area (Å²) in [5, 5.41) is 9.49. The van der Waals surface area contributed by atoms with Crippen molar-refractivity contribution in [3.63, 3.8) is 0 Å². The summed E-state index contributed by atoms with van der Waals surface area (Å²) in [6.07, 6.45) is 0.188. The van der Waals surface area contributed by atoms with Crippen LogP contribution in [0.4, 0.5) is 0 Å². The Balaban J connectivity index is 0. The number of hydrogen-bond donors (Lipinski definition) is 1. The summed E-state index contributed by atoms with van der Waals surface area (Å²) >= 11 is 0. The fourth-order valence-corrected chi connectivity index (χ4v) is 2.06. The number of esters is 1. The third-order valence-electron chi connectivity index (χ3n) is 2.13. The van der Waals surface area contributed by atoms with Crippen LogP contribution in [-0.2, 0) is 19.1 Å². The molecule has 1 unspecified atom stereocenters. The topological polar surface area (TPSA) is 104 Å². The molecule has 0 fully saturated rings. The number of ether oxygens (including phenoxy) is 1. The Bertz CT molecular complexity index is 455. The van der Waals surface area contributed by atoms with Crippen molar-refractivity contribution in [1.29, 1.82) is 0 Å². The van der Waals surface area contributed by atoms with Crippen LogP contribution in [0.15, 0.2) is 24.3 Å². The maximum absolute atomic E-state index is 11.6. The van der Waals surface area contributed by atoms with Crippen molar-refractivity contribution < 1.29 is 33.6 Å². The van der Waals surface area contributed by atoms with Crippen LogP contribution in [0.5, 0.6) is 0 Å². The van der Waals surface area contributed by atoms with Crippen molar-refractivity contribution in [2.75, 3.05) is 40.5 Å². The van der Waals surface area contributed by atoms with Gasteiger partial charge in [-0.2, -0.15) is 0 Å². The number of nitrogens with zero attached hydrogens (tertiary/aromatic N) is 1. The minimum atomic E-state index is -1.72. The van der Waals surface area contributed by atoms with Gasteiger partial charge in [-0.25, -0.2) is 4.79 Å². The maximum Gasteiger partial charge on any atom is 0.333 e. The van der Waals surface area contributed by atoms with Gasteiger partial charge in [-0.3, -0.25) is 4.79 Å². The second-order valence-electron chi connectivity index (χ2n) is 5.95. The number of carboxylic acid groups (broad SMARTS) is 1. The molecule has 0 heterocycles. The molecule has 0 spiro atoms. The van der Waals surface area contributed by atoms with E-state index in [1.807, 2.05) is 21.1 Å². The molecule has 1 atom stereocenters. The van der Waals surface area contributed by atoms with Crippen LogP contribution in [0.3, 0.4) is 0 Å². The fourth-order valence-electron chi connectivity index (χ4n) is 0.960. The molecule has 0 aliphatic heterocycles.